The van der Waals surface area contributed by atoms with Gasteiger partial charge in [0.2, 0.25) is 0 Å². The first-order chi connectivity index (χ1) is 8.63. The van der Waals surface area contributed by atoms with Crippen LogP contribution in [-0.2, 0) is 6.42 Å². The first-order valence-corrected chi connectivity index (χ1v) is 7.48. The zero-order chi connectivity index (χ0) is 13.1. The zero-order valence-corrected chi connectivity index (χ0v) is 13.1. The van der Waals surface area contributed by atoms with Crippen LogP contribution in [0.15, 0.2) is 10.5 Å². The third-order valence-corrected chi connectivity index (χ3v) is 5.00. The van der Waals surface area contributed by atoms with Gasteiger partial charge >= 0.3 is 0 Å². The summed E-state index contributed by atoms with van der Waals surface area (Å²) in [5.74, 6) is 1.04. The monoisotopic (exact) mass is 311 g/mol. The van der Waals surface area contributed by atoms with Gasteiger partial charge in [0.25, 0.3) is 0 Å². The summed E-state index contributed by atoms with van der Waals surface area (Å²) in [6.07, 6.45) is 5.00. The molecule has 3 heteroatoms. The molecule has 0 aliphatic carbocycles. The zero-order valence-electron chi connectivity index (χ0n) is 11.5. The molecule has 1 aliphatic heterocycles. The first kappa shape index (κ1) is 13.9. The lowest BCUT2D eigenvalue weighted by Crippen LogP contribution is -2.35. The van der Waals surface area contributed by atoms with Crippen molar-refractivity contribution in [1.82, 2.24) is 5.32 Å². The number of benzene rings is 1. The largest absolute Gasteiger partial charge is 0.496 e. The van der Waals surface area contributed by atoms with E-state index >= 15 is 0 Å². The molecule has 0 spiro atoms. The molecule has 1 aromatic rings. The van der Waals surface area contributed by atoms with E-state index in [-0.39, 0.29) is 0 Å². The van der Waals surface area contributed by atoms with Crippen molar-refractivity contribution in [1.29, 1.82) is 0 Å². The second-order valence-electron chi connectivity index (χ2n) is 5.18. The van der Waals surface area contributed by atoms with Gasteiger partial charge in [0.1, 0.15) is 5.75 Å². The molecule has 0 amide bonds. The number of aryl methyl sites for hydroxylation is 1. The van der Waals surface area contributed by atoms with E-state index in [1.807, 2.05) is 0 Å². The van der Waals surface area contributed by atoms with Crippen LogP contribution in [0.5, 0.6) is 5.75 Å². The predicted octanol–water partition coefficient (Wildman–Crippen LogP) is 3.76. The third kappa shape index (κ3) is 2.89. The fourth-order valence-electron chi connectivity index (χ4n) is 2.83. The van der Waals surface area contributed by atoms with Gasteiger partial charge in [-0.05, 0) is 50.8 Å². The molecule has 2 nitrogen and oxygen atoms in total. The van der Waals surface area contributed by atoms with Crippen molar-refractivity contribution >= 4 is 15.9 Å². The van der Waals surface area contributed by atoms with Gasteiger partial charge in [0.15, 0.2) is 0 Å². The van der Waals surface area contributed by atoms with Gasteiger partial charge in [0, 0.05) is 16.1 Å². The van der Waals surface area contributed by atoms with Crippen molar-refractivity contribution in [3.05, 3.63) is 27.2 Å². The number of hydrogen-bond donors (Lipinski definition) is 1. The maximum Gasteiger partial charge on any atom is 0.126 e. The molecular weight excluding hydrogens is 290 g/mol. The average Bonchev–Trinajstić information content (AvgIpc) is 2.38. The molecule has 1 unspecified atom stereocenters. The molecule has 1 atom stereocenters. The highest BCUT2D eigenvalue weighted by molar-refractivity contribution is 9.10. The van der Waals surface area contributed by atoms with Crippen molar-refractivity contribution in [2.75, 3.05) is 13.7 Å². The van der Waals surface area contributed by atoms with Gasteiger partial charge < -0.3 is 10.1 Å². The van der Waals surface area contributed by atoms with Crippen molar-refractivity contribution in [3.8, 4) is 5.75 Å². The summed E-state index contributed by atoms with van der Waals surface area (Å²) in [4.78, 5) is 0. The maximum atomic E-state index is 5.60. The number of nitrogens with one attached hydrogen (secondary N) is 1. The van der Waals surface area contributed by atoms with E-state index in [2.05, 4.69) is 41.2 Å². The molecule has 1 aromatic carbocycles. The minimum absolute atomic E-state index is 0.604. The average molecular weight is 312 g/mol. The normalized spacial score (nSPS) is 19.9. The highest BCUT2D eigenvalue weighted by atomic mass is 79.9. The summed E-state index contributed by atoms with van der Waals surface area (Å²) in [5, 5.41) is 3.61. The lowest BCUT2D eigenvalue weighted by molar-refractivity contribution is 0.380. The highest BCUT2D eigenvalue weighted by Gasteiger charge is 2.18. The predicted molar refractivity (Wildman–Crippen MR) is 79.5 cm³/mol. The minimum Gasteiger partial charge on any atom is -0.496 e. The van der Waals surface area contributed by atoms with Crippen LogP contribution in [0.25, 0.3) is 0 Å². The SMILES string of the molecule is COc1c(CC2CCCCN2)cc(C)c(Br)c1C. The molecule has 0 aromatic heterocycles. The first-order valence-electron chi connectivity index (χ1n) is 6.69. The second kappa shape index (κ2) is 6.07. The van der Waals surface area contributed by atoms with E-state index in [1.165, 1.54) is 40.4 Å². The molecule has 0 bridgehead atoms. The molecule has 18 heavy (non-hydrogen) atoms. The Morgan fingerprint density at radius 3 is 2.78 bits per heavy atom. The van der Waals surface area contributed by atoms with Crippen LogP contribution in [0.1, 0.15) is 36.0 Å². The van der Waals surface area contributed by atoms with Crippen molar-refractivity contribution < 1.29 is 4.74 Å². The van der Waals surface area contributed by atoms with Crippen LogP contribution in [0.4, 0.5) is 0 Å². The number of rotatable bonds is 3. The van der Waals surface area contributed by atoms with E-state index in [1.54, 1.807) is 7.11 Å². The Morgan fingerprint density at radius 1 is 1.39 bits per heavy atom. The van der Waals surface area contributed by atoms with Crippen LogP contribution in [0.3, 0.4) is 0 Å². The third-order valence-electron chi connectivity index (χ3n) is 3.78. The van der Waals surface area contributed by atoms with Crippen molar-refractivity contribution in [2.45, 2.75) is 45.6 Å². The summed E-state index contributed by atoms with van der Waals surface area (Å²) in [6, 6.07) is 2.86. The summed E-state index contributed by atoms with van der Waals surface area (Å²) in [5.41, 5.74) is 3.83. The fraction of sp³-hybridized carbons (Fsp3) is 0.600. The fourth-order valence-corrected chi connectivity index (χ4v) is 3.12. The van der Waals surface area contributed by atoms with Gasteiger partial charge in [-0.3, -0.25) is 0 Å². The van der Waals surface area contributed by atoms with Crippen molar-refractivity contribution in [3.63, 3.8) is 0 Å². The Hall–Kier alpha value is -0.540. The van der Waals surface area contributed by atoms with E-state index in [0.717, 1.165) is 18.7 Å². The number of piperidine rings is 1. The lowest BCUT2D eigenvalue weighted by atomic mass is 9.95. The van der Waals surface area contributed by atoms with Gasteiger partial charge in [-0.25, -0.2) is 0 Å². The molecule has 2 rings (SSSR count). The molecule has 100 valence electrons. The van der Waals surface area contributed by atoms with Gasteiger partial charge in [0.05, 0.1) is 7.11 Å². The van der Waals surface area contributed by atoms with Gasteiger partial charge in [-0.2, -0.15) is 0 Å². The summed E-state index contributed by atoms with van der Waals surface area (Å²) in [6.45, 7) is 5.42. The summed E-state index contributed by atoms with van der Waals surface area (Å²) in [7, 11) is 1.77. The van der Waals surface area contributed by atoms with Crippen molar-refractivity contribution in [2.24, 2.45) is 0 Å². The van der Waals surface area contributed by atoms with E-state index in [9.17, 15) is 0 Å². The Bertz CT molecular complexity index is 425. The van der Waals surface area contributed by atoms with Gasteiger partial charge in [-0.15, -0.1) is 0 Å². The Labute approximate surface area is 118 Å². The lowest BCUT2D eigenvalue weighted by Gasteiger charge is -2.25. The number of halogens is 1. The Morgan fingerprint density at radius 2 is 2.17 bits per heavy atom. The molecule has 0 saturated carbocycles. The van der Waals surface area contributed by atoms with Crippen LogP contribution in [0, 0.1) is 13.8 Å². The molecule has 1 heterocycles. The Kier molecular flexibility index (Phi) is 4.68. The smallest absolute Gasteiger partial charge is 0.126 e. The van der Waals surface area contributed by atoms with E-state index < -0.39 is 0 Å². The minimum atomic E-state index is 0.604. The summed E-state index contributed by atoms with van der Waals surface area (Å²) >= 11 is 3.63. The molecule has 1 fully saturated rings. The number of methoxy groups -OCH3 is 1. The summed E-state index contributed by atoms with van der Waals surface area (Å²) < 4.78 is 6.76. The molecule has 1 aliphatic rings. The van der Waals surface area contributed by atoms with E-state index in [0.29, 0.717) is 6.04 Å². The molecule has 0 radical (unpaired) electrons. The molecule has 1 saturated heterocycles. The topological polar surface area (TPSA) is 21.3 Å². The number of hydrogen-bond acceptors (Lipinski definition) is 2. The quantitative estimate of drug-likeness (QED) is 0.917. The Balaban J connectivity index is 2.25. The number of ether oxygens (including phenoxy) is 1. The standard InChI is InChI=1S/C15H22BrNO/c1-10-8-12(9-13-6-4-5-7-17-13)15(18-3)11(2)14(10)16/h8,13,17H,4-7,9H2,1-3H3. The van der Waals surface area contributed by atoms with Crippen LogP contribution >= 0.6 is 15.9 Å². The van der Waals surface area contributed by atoms with Crippen LogP contribution in [0.2, 0.25) is 0 Å². The highest BCUT2D eigenvalue weighted by Crippen LogP contribution is 2.34. The maximum absolute atomic E-state index is 5.60. The van der Waals surface area contributed by atoms with Crippen LogP contribution < -0.4 is 10.1 Å². The molecular formula is C15H22BrNO. The van der Waals surface area contributed by atoms with Gasteiger partial charge in [-0.1, -0.05) is 28.4 Å². The molecule has 1 N–H and O–H groups in total. The second-order valence-corrected chi connectivity index (χ2v) is 5.97. The van der Waals surface area contributed by atoms with E-state index in [4.69, 9.17) is 4.74 Å². The van der Waals surface area contributed by atoms with Crippen LogP contribution in [-0.4, -0.2) is 19.7 Å².